The van der Waals surface area contributed by atoms with Gasteiger partial charge in [0.25, 0.3) is 0 Å². The third kappa shape index (κ3) is 4.23. The van der Waals surface area contributed by atoms with Gasteiger partial charge in [0.05, 0.1) is 6.54 Å². The average Bonchev–Trinajstić information content (AvgIpc) is 2.78. The van der Waals surface area contributed by atoms with Crippen molar-refractivity contribution in [2.75, 3.05) is 19.6 Å². The zero-order valence-corrected chi connectivity index (χ0v) is 11.8. The second-order valence-corrected chi connectivity index (χ2v) is 4.81. The van der Waals surface area contributed by atoms with E-state index in [1.807, 2.05) is 0 Å². The van der Waals surface area contributed by atoms with Gasteiger partial charge >= 0.3 is 0 Å². The Labute approximate surface area is 115 Å². The summed E-state index contributed by atoms with van der Waals surface area (Å²) in [6, 6.07) is 0. The third-order valence-electron chi connectivity index (χ3n) is 3.38. The van der Waals surface area contributed by atoms with Crippen molar-refractivity contribution in [3.63, 3.8) is 0 Å². The van der Waals surface area contributed by atoms with Gasteiger partial charge in [-0.25, -0.2) is 0 Å². The molecular formula is C12H23ClN4O. The highest BCUT2D eigenvalue weighted by atomic mass is 35.5. The topological polar surface area (TPSA) is 68.2 Å². The summed E-state index contributed by atoms with van der Waals surface area (Å²) in [5.41, 5.74) is 5.68. The zero-order chi connectivity index (χ0) is 12.1. The fraction of sp³-hybridized carbons (Fsp3) is 0.833. The zero-order valence-electron chi connectivity index (χ0n) is 11.0. The molecule has 2 heterocycles. The first kappa shape index (κ1) is 15.4. The Morgan fingerprint density at radius 1 is 1.39 bits per heavy atom. The molecule has 1 aliphatic rings. The maximum Gasteiger partial charge on any atom is 0.226 e. The first-order chi connectivity index (χ1) is 8.31. The monoisotopic (exact) mass is 274 g/mol. The molecule has 1 saturated heterocycles. The van der Waals surface area contributed by atoms with Crippen LogP contribution in [0.1, 0.15) is 37.9 Å². The molecule has 0 spiro atoms. The maximum absolute atomic E-state index is 5.68. The Morgan fingerprint density at radius 2 is 2.11 bits per heavy atom. The highest BCUT2D eigenvalue weighted by molar-refractivity contribution is 5.85. The van der Waals surface area contributed by atoms with Gasteiger partial charge in [0.1, 0.15) is 0 Å². The maximum atomic E-state index is 5.68. The van der Waals surface area contributed by atoms with E-state index in [0.29, 0.717) is 5.92 Å². The van der Waals surface area contributed by atoms with Gasteiger partial charge in [-0.3, -0.25) is 4.90 Å². The molecule has 1 aromatic rings. The van der Waals surface area contributed by atoms with E-state index in [4.69, 9.17) is 10.3 Å². The minimum atomic E-state index is 0. The minimum Gasteiger partial charge on any atom is -0.339 e. The van der Waals surface area contributed by atoms with Crippen LogP contribution in [0.4, 0.5) is 0 Å². The molecule has 5 nitrogen and oxygen atoms in total. The fourth-order valence-electron chi connectivity index (χ4n) is 2.25. The molecule has 0 amide bonds. The van der Waals surface area contributed by atoms with Crippen LogP contribution in [-0.2, 0) is 13.0 Å². The summed E-state index contributed by atoms with van der Waals surface area (Å²) >= 11 is 0. The van der Waals surface area contributed by atoms with E-state index in [9.17, 15) is 0 Å². The Hall–Kier alpha value is -0.650. The predicted octanol–water partition coefficient (Wildman–Crippen LogP) is 1.61. The predicted molar refractivity (Wildman–Crippen MR) is 72.6 cm³/mol. The van der Waals surface area contributed by atoms with Crippen LogP contribution in [0.2, 0.25) is 0 Å². The summed E-state index contributed by atoms with van der Waals surface area (Å²) in [6.45, 7) is 5.93. The number of halogens is 1. The van der Waals surface area contributed by atoms with E-state index in [2.05, 4.69) is 22.0 Å². The van der Waals surface area contributed by atoms with Crippen molar-refractivity contribution >= 4 is 12.4 Å². The van der Waals surface area contributed by atoms with E-state index in [0.717, 1.165) is 50.7 Å². The van der Waals surface area contributed by atoms with Crippen LogP contribution >= 0.6 is 12.4 Å². The molecule has 0 radical (unpaired) electrons. The van der Waals surface area contributed by atoms with Gasteiger partial charge < -0.3 is 10.3 Å². The Bertz CT molecular complexity index is 337. The molecule has 0 bridgehead atoms. The average molecular weight is 275 g/mol. The van der Waals surface area contributed by atoms with Gasteiger partial charge in [-0.2, -0.15) is 4.98 Å². The largest absolute Gasteiger partial charge is 0.339 e. The molecule has 1 fully saturated rings. The van der Waals surface area contributed by atoms with Gasteiger partial charge in [0.15, 0.2) is 5.82 Å². The van der Waals surface area contributed by atoms with Crippen LogP contribution in [0, 0.1) is 5.92 Å². The van der Waals surface area contributed by atoms with Crippen molar-refractivity contribution in [3.8, 4) is 0 Å². The lowest BCUT2D eigenvalue weighted by Crippen LogP contribution is -2.35. The Morgan fingerprint density at radius 3 is 2.72 bits per heavy atom. The van der Waals surface area contributed by atoms with Gasteiger partial charge in [0, 0.05) is 6.42 Å². The molecule has 2 rings (SSSR count). The molecule has 0 aliphatic carbocycles. The number of aryl methyl sites for hydroxylation is 1. The normalized spacial score (nSPS) is 17.7. The molecular weight excluding hydrogens is 252 g/mol. The lowest BCUT2D eigenvalue weighted by Gasteiger charge is -2.30. The third-order valence-corrected chi connectivity index (χ3v) is 3.38. The minimum absolute atomic E-state index is 0. The highest BCUT2D eigenvalue weighted by Gasteiger charge is 2.19. The Kier molecular flexibility index (Phi) is 6.60. The number of piperidine rings is 1. The van der Waals surface area contributed by atoms with Crippen LogP contribution < -0.4 is 5.73 Å². The smallest absolute Gasteiger partial charge is 0.226 e. The molecule has 0 aromatic carbocycles. The van der Waals surface area contributed by atoms with Crippen molar-refractivity contribution < 1.29 is 4.52 Å². The number of nitrogens with two attached hydrogens (primary N) is 1. The molecule has 0 saturated carbocycles. The fourth-order valence-corrected chi connectivity index (χ4v) is 2.25. The Balaban J connectivity index is 0.00000162. The van der Waals surface area contributed by atoms with Crippen molar-refractivity contribution in [1.82, 2.24) is 15.0 Å². The van der Waals surface area contributed by atoms with Crippen molar-refractivity contribution in [2.45, 2.75) is 39.2 Å². The number of nitrogens with zero attached hydrogens (tertiary/aromatic N) is 3. The summed E-state index contributed by atoms with van der Waals surface area (Å²) < 4.78 is 5.18. The molecule has 1 aliphatic heterocycles. The molecule has 1 aromatic heterocycles. The second kappa shape index (κ2) is 7.71. The van der Waals surface area contributed by atoms with Crippen LogP contribution in [0.3, 0.4) is 0 Å². The van der Waals surface area contributed by atoms with Gasteiger partial charge in [-0.05, 0) is 44.8 Å². The quantitative estimate of drug-likeness (QED) is 0.884. The van der Waals surface area contributed by atoms with Crippen LogP contribution in [-0.4, -0.2) is 34.7 Å². The second-order valence-electron chi connectivity index (χ2n) is 4.81. The van der Waals surface area contributed by atoms with Gasteiger partial charge in [0.2, 0.25) is 5.89 Å². The van der Waals surface area contributed by atoms with Crippen molar-refractivity contribution in [1.29, 1.82) is 0 Å². The van der Waals surface area contributed by atoms with E-state index in [-0.39, 0.29) is 12.4 Å². The first-order valence-corrected chi connectivity index (χ1v) is 6.55. The number of hydrogen-bond acceptors (Lipinski definition) is 5. The number of rotatable bonds is 5. The molecule has 0 unspecified atom stereocenters. The first-order valence-electron chi connectivity index (χ1n) is 6.55. The molecule has 2 N–H and O–H groups in total. The van der Waals surface area contributed by atoms with Crippen LogP contribution in [0.25, 0.3) is 0 Å². The summed E-state index contributed by atoms with van der Waals surface area (Å²) in [4.78, 5) is 6.77. The number of likely N-dealkylation sites (tertiary alicyclic amines) is 1. The standard InChI is InChI=1S/C12H22N4O.ClH/c1-2-3-12-14-11(15-17-12)9-16-6-4-10(8-13)5-7-16;/h10H,2-9,13H2,1H3;1H. The number of hydrogen-bond donors (Lipinski definition) is 1. The molecule has 6 heteroatoms. The number of aromatic nitrogens is 2. The van der Waals surface area contributed by atoms with Crippen molar-refractivity contribution in [3.05, 3.63) is 11.7 Å². The molecule has 0 atom stereocenters. The van der Waals surface area contributed by atoms with Gasteiger partial charge in [-0.1, -0.05) is 12.1 Å². The van der Waals surface area contributed by atoms with E-state index in [1.165, 1.54) is 12.8 Å². The lowest BCUT2D eigenvalue weighted by molar-refractivity contribution is 0.175. The van der Waals surface area contributed by atoms with Crippen LogP contribution in [0.5, 0.6) is 0 Å². The van der Waals surface area contributed by atoms with E-state index >= 15 is 0 Å². The van der Waals surface area contributed by atoms with E-state index in [1.54, 1.807) is 0 Å². The SMILES string of the molecule is CCCc1nc(CN2CCC(CN)CC2)no1.Cl. The van der Waals surface area contributed by atoms with Crippen molar-refractivity contribution in [2.24, 2.45) is 11.7 Å². The van der Waals surface area contributed by atoms with Gasteiger partial charge in [-0.15, -0.1) is 12.4 Å². The summed E-state index contributed by atoms with van der Waals surface area (Å²) in [5, 5.41) is 4.02. The van der Waals surface area contributed by atoms with Crippen LogP contribution in [0.15, 0.2) is 4.52 Å². The summed E-state index contributed by atoms with van der Waals surface area (Å²) in [5.74, 6) is 2.28. The van der Waals surface area contributed by atoms with E-state index < -0.39 is 0 Å². The molecule has 104 valence electrons. The summed E-state index contributed by atoms with van der Waals surface area (Å²) in [6.07, 6.45) is 4.30. The molecule has 18 heavy (non-hydrogen) atoms. The highest BCUT2D eigenvalue weighted by Crippen LogP contribution is 2.17. The summed E-state index contributed by atoms with van der Waals surface area (Å²) in [7, 11) is 0. The lowest BCUT2D eigenvalue weighted by atomic mass is 9.97.